The number of anilines is 1. The Morgan fingerprint density at radius 2 is 1.81 bits per heavy atom. The summed E-state index contributed by atoms with van der Waals surface area (Å²) in [6.07, 6.45) is 0. The number of nitrogens with one attached hydrogen (secondary N) is 2. The van der Waals surface area contributed by atoms with E-state index in [9.17, 15) is 9.59 Å². The molecule has 1 aromatic heterocycles. The number of hydrogen-bond donors (Lipinski definition) is 2. The minimum atomic E-state index is -0.308. The average molecular weight is 436 g/mol. The molecule has 1 aromatic carbocycles. The Labute approximate surface area is 168 Å². The van der Waals surface area contributed by atoms with Gasteiger partial charge in [0, 0.05) is 20.6 Å². The van der Waals surface area contributed by atoms with E-state index in [-0.39, 0.29) is 17.9 Å². The number of benzene rings is 1. The number of aryl methyl sites for hydroxylation is 3. The van der Waals surface area contributed by atoms with Crippen molar-refractivity contribution in [2.45, 2.75) is 27.7 Å². The highest BCUT2D eigenvalue weighted by Crippen LogP contribution is 2.29. The molecular weight excluding hydrogens is 410 g/mol. The zero-order chi connectivity index (χ0) is 20.3. The molecule has 1 heterocycles. The smallest absolute Gasteiger partial charge is 0.322 e. The molecule has 0 aliphatic carbocycles. The fraction of sp³-hybridized carbons (Fsp3) is 0.421. The van der Waals surface area contributed by atoms with Crippen LogP contribution in [-0.4, -0.2) is 47.3 Å². The van der Waals surface area contributed by atoms with Crippen LogP contribution in [0.15, 0.2) is 22.7 Å². The van der Waals surface area contributed by atoms with Crippen LogP contribution in [0, 0.1) is 26.7 Å². The summed E-state index contributed by atoms with van der Waals surface area (Å²) in [5.41, 5.74) is 3.87. The molecule has 27 heavy (non-hydrogen) atoms. The molecule has 2 rings (SSSR count). The highest BCUT2D eigenvalue weighted by Gasteiger charge is 2.21. The topological polar surface area (TPSA) is 79.3 Å². The molecule has 0 radical (unpaired) electrons. The molecule has 0 saturated heterocycles. The Hall–Kier alpha value is -2.35. The lowest BCUT2D eigenvalue weighted by atomic mass is 10.1. The van der Waals surface area contributed by atoms with Gasteiger partial charge in [-0.2, -0.15) is 5.10 Å². The van der Waals surface area contributed by atoms with E-state index >= 15 is 0 Å². The van der Waals surface area contributed by atoms with Gasteiger partial charge in [0.15, 0.2) is 5.82 Å². The number of hydrogen-bond acceptors (Lipinski definition) is 3. The molecule has 3 amide bonds. The van der Waals surface area contributed by atoms with Crippen LogP contribution in [-0.2, 0) is 4.79 Å². The van der Waals surface area contributed by atoms with Gasteiger partial charge < -0.3 is 10.2 Å². The highest BCUT2D eigenvalue weighted by molar-refractivity contribution is 9.10. The lowest BCUT2D eigenvalue weighted by Gasteiger charge is -2.21. The van der Waals surface area contributed by atoms with Gasteiger partial charge in [-0.05, 0) is 60.0 Å². The molecule has 0 saturated carbocycles. The highest BCUT2D eigenvalue weighted by atomic mass is 79.9. The predicted molar refractivity (Wildman–Crippen MR) is 110 cm³/mol. The molecular formula is C19H26BrN5O2. The quantitative estimate of drug-likeness (QED) is 0.754. The molecule has 2 N–H and O–H groups in total. The van der Waals surface area contributed by atoms with Gasteiger partial charge in [-0.1, -0.05) is 13.0 Å². The van der Waals surface area contributed by atoms with Crippen molar-refractivity contribution in [2.24, 2.45) is 5.92 Å². The first-order valence-corrected chi connectivity index (χ1v) is 9.50. The van der Waals surface area contributed by atoms with Gasteiger partial charge >= 0.3 is 6.03 Å². The predicted octanol–water partition coefficient (Wildman–Crippen LogP) is 3.41. The van der Waals surface area contributed by atoms with Crippen LogP contribution in [0.1, 0.15) is 23.7 Å². The summed E-state index contributed by atoms with van der Waals surface area (Å²) in [4.78, 5) is 25.8. The van der Waals surface area contributed by atoms with E-state index in [2.05, 4.69) is 37.7 Å². The lowest BCUT2D eigenvalue weighted by molar-refractivity contribution is -0.124. The second-order valence-corrected chi connectivity index (χ2v) is 7.62. The van der Waals surface area contributed by atoms with Crippen LogP contribution in [0.5, 0.6) is 0 Å². The lowest BCUT2D eigenvalue weighted by Crippen LogP contribution is -2.39. The van der Waals surface area contributed by atoms with Crippen molar-refractivity contribution in [3.63, 3.8) is 0 Å². The Morgan fingerprint density at radius 3 is 2.37 bits per heavy atom. The van der Waals surface area contributed by atoms with Crippen molar-refractivity contribution in [2.75, 3.05) is 26.0 Å². The number of amides is 3. The number of halogens is 1. The minimum Gasteiger partial charge on any atom is -0.359 e. The summed E-state index contributed by atoms with van der Waals surface area (Å²) in [5, 5.41) is 10.1. The van der Waals surface area contributed by atoms with Crippen LogP contribution in [0.4, 0.5) is 10.6 Å². The second kappa shape index (κ2) is 8.56. The maximum Gasteiger partial charge on any atom is 0.322 e. The van der Waals surface area contributed by atoms with E-state index in [0.717, 1.165) is 27.0 Å². The molecule has 0 bridgehead atoms. The van der Waals surface area contributed by atoms with Crippen LogP contribution in [0.2, 0.25) is 0 Å². The third-order valence-electron chi connectivity index (χ3n) is 4.25. The third-order valence-corrected chi connectivity index (χ3v) is 5.20. The second-order valence-electron chi connectivity index (χ2n) is 6.83. The van der Waals surface area contributed by atoms with E-state index in [4.69, 9.17) is 0 Å². The summed E-state index contributed by atoms with van der Waals surface area (Å²) in [6, 6.07) is 5.80. The number of urea groups is 1. The number of aromatic nitrogens is 2. The molecule has 0 spiro atoms. The number of rotatable bonds is 5. The molecule has 2 aromatic rings. The molecule has 1 atom stereocenters. The Kier molecular flexibility index (Phi) is 6.64. The Bertz CT molecular complexity index is 842. The first kappa shape index (κ1) is 21.0. The molecule has 7 nitrogen and oxygen atoms in total. The van der Waals surface area contributed by atoms with E-state index in [1.807, 2.05) is 32.9 Å². The molecule has 0 fully saturated rings. The number of nitrogens with zero attached hydrogens (tertiary/aromatic N) is 3. The van der Waals surface area contributed by atoms with Crippen molar-refractivity contribution in [1.82, 2.24) is 20.0 Å². The van der Waals surface area contributed by atoms with Gasteiger partial charge in [0.25, 0.3) is 0 Å². The van der Waals surface area contributed by atoms with Gasteiger partial charge in [0.2, 0.25) is 5.91 Å². The Balaban J connectivity index is 2.28. The largest absolute Gasteiger partial charge is 0.359 e. The van der Waals surface area contributed by atoms with E-state index in [1.54, 1.807) is 25.7 Å². The van der Waals surface area contributed by atoms with Crippen LogP contribution < -0.4 is 10.6 Å². The van der Waals surface area contributed by atoms with E-state index in [0.29, 0.717) is 12.4 Å². The van der Waals surface area contributed by atoms with E-state index in [1.165, 1.54) is 4.90 Å². The summed E-state index contributed by atoms with van der Waals surface area (Å²) < 4.78 is 2.44. The van der Waals surface area contributed by atoms with Crippen molar-refractivity contribution in [3.05, 3.63) is 39.5 Å². The van der Waals surface area contributed by atoms with Crippen LogP contribution in [0.25, 0.3) is 5.69 Å². The first-order chi connectivity index (χ1) is 12.6. The standard InChI is InChI=1S/C19H26BrN5O2/c1-11-7-12(2)9-15(8-11)25-17(16(20)14(4)23-25)22-19(27)24(6)10-13(3)18(26)21-5/h7-9,13H,10H2,1-6H3,(H,21,26)(H,22,27). The van der Waals surface area contributed by atoms with Gasteiger partial charge in [-0.25, -0.2) is 9.48 Å². The first-order valence-electron chi connectivity index (χ1n) is 8.71. The van der Waals surface area contributed by atoms with Crippen molar-refractivity contribution < 1.29 is 9.59 Å². The SMILES string of the molecule is CNC(=O)C(C)CN(C)C(=O)Nc1c(Br)c(C)nn1-c1cc(C)cc(C)c1. The monoisotopic (exact) mass is 435 g/mol. The zero-order valence-corrected chi connectivity index (χ0v) is 18.1. The molecule has 8 heteroatoms. The molecule has 0 aliphatic rings. The summed E-state index contributed by atoms with van der Waals surface area (Å²) in [7, 11) is 3.24. The van der Waals surface area contributed by atoms with Gasteiger partial charge in [-0.3, -0.25) is 10.1 Å². The van der Waals surface area contributed by atoms with Gasteiger partial charge in [-0.15, -0.1) is 0 Å². The minimum absolute atomic E-state index is 0.105. The third kappa shape index (κ3) is 4.88. The molecule has 0 aliphatic heterocycles. The fourth-order valence-corrected chi connectivity index (χ4v) is 3.24. The average Bonchev–Trinajstić information content (AvgIpc) is 2.88. The van der Waals surface area contributed by atoms with Crippen molar-refractivity contribution in [1.29, 1.82) is 0 Å². The van der Waals surface area contributed by atoms with Crippen LogP contribution in [0.3, 0.4) is 0 Å². The molecule has 1 unspecified atom stereocenters. The molecule has 146 valence electrons. The van der Waals surface area contributed by atoms with Gasteiger partial charge in [0.1, 0.15) is 0 Å². The van der Waals surface area contributed by atoms with Gasteiger partial charge in [0.05, 0.1) is 21.8 Å². The maximum absolute atomic E-state index is 12.7. The zero-order valence-electron chi connectivity index (χ0n) is 16.6. The van der Waals surface area contributed by atoms with Crippen molar-refractivity contribution >= 4 is 33.7 Å². The normalized spacial score (nSPS) is 11.8. The van der Waals surface area contributed by atoms with Crippen molar-refractivity contribution in [3.8, 4) is 5.69 Å². The number of carbonyl (C=O) groups is 2. The summed E-state index contributed by atoms with van der Waals surface area (Å²) in [5.74, 6) is 0.147. The summed E-state index contributed by atoms with van der Waals surface area (Å²) in [6.45, 7) is 8.00. The number of carbonyl (C=O) groups excluding carboxylic acids is 2. The Morgan fingerprint density at radius 1 is 1.22 bits per heavy atom. The van der Waals surface area contributed by atoms with Crippen LogP contribution >= 0.6 is 15.9 Å². The maximum atomic E-state index is 12.7. The fourth-order valence-electron chi connectivity index (χ4n) is 2.90. The van der Waals surface area contributed by atoms with E-state index < -0.39 is 0 Å². The summed E-state index contributed by atoms with van der Waals surface area (Å²) >= 11 is 3.52.